The molecule has 2 rings (SSSR count). The maximum atomic E-state index is 2.49. The number of rotatable bonds is 2. The van der Waals surface area contributed by atoms with Gasteiger partial charge in [0.25, 0.3) is 0 Å². The molecule has 1 aliphatic heterocycles. The SMILES string of the molecule is CSc1ccccc1N1CCN(C)CC1. The van der Waals surface area contributed by atoms with Crippen LogP contribution in [0.5, 0.6) is 0 Å². The Labute approximate surface area is 96.3 Å². The van der Waals surface area contributed by atoms with Crippen molar-refractivity contribution in [1.29, 1.82) is 0 Å². The monoisotopic (exact) mass is 222 g/mol. The normalized spacial score (nSPS) is 18.1. The molecule has 0 saturated carbocycles. The molecule has 1 heterocycles. The van der Waals surface area contributed by atoms with Crippen LogP contribution in [-0.4, -0.2) is 44.4 Å². The van der Waals surface area contributed by atoms with Gasteiger partial charge < -0.3 is 9.80 Å². The van der Waals surface area contributed by atoms with Crippen molar-refractivity contribution < 1.29 is 0 Å². The number of hydrogen-bond donors (Lipinski definition) is 0. The Bertz CT molecular complexity index is 319. The molecule has 1 saturated heterocycles. The third-order valence-electron chi connectivity index (χ3n) is 2.93. The van der Waals surface area contributed by atoms with E-state index in [1.165, 1.54) is 23.7 Å². The van der Waals surface area contributed by atoms with Gasteiger partial charge in [-0.2, -0.15) is 0 Å². The molecule has 0 spiro atoms. The smallest absolute Gasteiger partial charge is 0.0505 e. The first-order valence-electron chi connectivity index (χ1n) is 5.38. The summed E-state index contributed by atoms with van der Waals surface area (Å²) < 4.78 is 0. The molecule has 1 aromatic rings. The minimum atomic E-state index is 1.15. The minimum Gasteiger partial charge on any atom is -0.368 e. The summed E-state index contributed by atoms with van der Waals surface area (Å²) in [5.74, 6) is 0. The van der Waals surface area contributed by atoms with E-state index < -0.39 is 0 Å². The highest BCUT2D eigenvalue weighted by Gasteiger charge is 2.15. The number of nitrogens with zero attached hydrogens (tertiary/aromatic N) is 2. The molecule has 0 N–H and O–H groups in total. The molecule has 15 heavy (non-hydrogen) atoms. The highest BCUT2D eigenvalue weighted by Crippen LogP contribution is 2.28. The second-order valence-corrected chi connectivity index (χ2v) is 4.81. The number of likely N-dealkylation sites (N-methyl/N-ethyl adjacent to an activating group) is 1. The van der Waals surface area contributed by atoms with Crippen LogP contribution in [0.4, 0.5) is 5.69 Å². The van der Waals surface area contributed by atoms with E-state index in [2.05, 4.69) is 47.4 Å². The van der Waals surface area contributed by atoms with Crippen LogP contribution in [-0.2, 0) is 0 Å². The molecular weight excluding hydrogens is 204 g/mol. The Hall–Kier alpha value is -0.670. The summed E-state index contributed by atoms with van der Waals surface area (Å²) in [6.45, 7) is 4.63. The lowest BCUT2D eigenvalue weighted by Crippen LogP contribution is -2.44. The molecular formula is C12H18N2S. The van der Waals surface area contributed by atoms with Crippen molar-refractivity contribution in [3.05, 3.63) is 24.3 Å². The van der Waals surface area contributed by atoms with Crippen LogP contribution >= 0.6 is 11.8 Å². The molecule has 0 atom stereocenters. The lowest BCUT2D eigenvalue weighted by molar-refractivity contribution is 0.312. The van der Waals surface area contributed by atoms with Gasteiger partial charge >= 0.3 is 0 Å². The second kappa shape index (κ2) is 4.90. The number of hydrogen-bond acceptors (Lipinski definition) is 3. The topological polar surface area (TPSA) is 6.48 Å². The van der Waals surface area contributed by atoms with Gasteiger partial charge in [-0.25, -0.2) is 0 Å². The van der Waals surface area contributed by atoms with Gasteiger partial charge in [-0.1, -0.05) is 12.1 Å². The molecule has 0 radical (unpaired) electrons. The maximum absolute atomic E-state index is 2.49. The van der Waals surface area contributed by atoms with Crippen LogP contribution in [0, 0.1) is 0 Å². The predicted molar refractivity (Wildman–Crippen MR) is 67.9 cm³/mol. The van der Waals surface area contributed by atoms with Crippen LogP contribution in [0.2, 0.25) is 0 Å². The highest BCUT2D eigenvalue weighted by molar-refractivity contribution is 7.98. The van der Waals surface area contributed by atoms with E-state index in [9.17, 15) is 0 Å². The van der Waals surface area contributed by atoms with Gasteiger partial charge in [0.05, 0.1) is 5.69 Å². The van der Waals surface area contributed by atoms with Crippen LogP contribution in [0.1, 0.15) is 0 Å². The summed E-state index contributed by atoms with van der Waals surface area (Å²) in [5.41, 5.74) is 1.40. The zero-order valence-corrected chi connectivity index (χ0v) is 10.3. The van der Waals surface area contributed by atoms with Gasteiger partial charge in [-0.05, 0) is 25.4 Å². The first-order valence-corrected chi connectivity index (χ1v) is 6.60. The Kier molecular flexibility index (Phi) is 3.54. The molecule has 0 amide bonds. The summed E-state index contributed by atoms with van der Waals surface area (Å²) in [5, 5.41) is 0. The molecule has 3 heteroatoms. The number of thioether (sulfide) groups is 1. The molecule has 0 aromatic heterocycles. The van der Waals surface area contributed by atoms with Gasteiger partial charge in [-0.3, -0.25) is 0 Å². The van der Waals surface area contributed by atoms with E-state index in [0.29, 0.717) is 0 Å². The number of piperazine rings is 1. The van der Waals surface area contributed by atoms with Gasteiger partial charge in [0.2, 0.25) is 0 Å². The van der Waals surface area contributed by atoms with E-state index in [1.54, 1.807) is 0 Å². The average Bonchev–Trinajstić information content (AvgIpc) is 2.30. The maximum Gasteiger partial charge on any atom is 0.0505 e. The van der Waals surface area contributed by atoms with Gasteiger partial charge in [0, 0.05) is 31.1 Å². The summed E-state index contributed by atoms with van der Waals surface area (Å²) >= 11 is 1.83. The van der Waals surface area contributed by atoms with Crippen molar-refractivity contribution in [2.24, 2.45) is 0 Å². The summed E-state index contributed by atoms with van der Waals surface area (Å²) in [6.07, 6.45) is 2.15. The molecule has 0 bridgehead atoms. The third-order valence-corrected chi connectivity index (χ3v) is 3.71. The van der Waals surface area contributed by atoms with Crippen LogP contribution in [0.15, 0.2) is 29.2 Å². The molecule has 1 aliphatic rings. The minimum absolute atomic E-state index is 1.15. The first kappa shape index (κ1) is 10.8. The zero-order chi connectivity index (χ0) is 10.7. The largest absolute Gasteiger partial charge is 0.368 e. The molecule has 1 aromatic carbocycles. The number of para-hydroxylation sites is 1. The lowest BCUT2D eigenvalue weighted by Gasteiger charge is -2.34. The zero-order valence-electron chi connectivity index (χ0n) is 9.44. The van der Waals surface area contributed by atoms with Gasteiger partial charge in [0.15, 0.2) is 0 Å². The van der Waals surface area contributed by atoms with E-state index in [4.69, 9.17) is 0 Å². The summed E-state index contributed by atoms with van der Waals surface area (Å²) in [4.78, 5) is 6.27. The quantitative estimate of drug-likeness (QED) is 0.708. The Morgan fingerprint density at radius 1 is 1.07 bits per heavy atom. The Morgan fingerprint density at radius 3 is 2.40 bits per heavy atom. The van der Waals surface area contributed by atoms with E-state index in [-0.39, 0.29) is 0 Å². The van der Waals surface area contributed by atoms with Crippen molar-refractivity contribution in [2.45, 2.75) is 4.90 Å². The van der Waals surface area contributed by atoms with Crippen LogP contribution in [0.25, 0.3) is 0 Å². The third kappa shape index (κ3) is 2.47. The molecule has 2 nitrogen and oxygen atoms in total. The molecule has 1 fully saturated rings. The number of benzene rings is 1. The molecule has 0 unspecified atom stereocenters. The van der Waals surface area contributed by atoms with Crippen LogP contribution < -0.4 is 4.90 Å². The van der Waals surface area contributed by atoms with Crippen LogP contribution in [0.3, 0.4) is 0 Å². The summed E-state index contributed by atoms with van der Waals surface area (Å²) in [7, 11) is 2.19. The predicted octanol–water partition coefficient (Wildman–Crippen LogP) is 2.16. The molecule has 82 valence electrons. The fraction of sp³-hybridized carbons (Fsp3) is 0.500. The van der Waals surface area contributed by atoms with E-state index in [0.717, 1.165) is 13.1 Å². The highest BCUT2D eigenvalue weighted by atomic mass is 32.2. The van der Waals surface area contributed by atoms with Gasteiger partial charge in [0.1, 0.15) is 0 Å². The first-order chi connectivity index (χ1) is 7.31. The average molecular weight is 222 g/mol. The Morgan fingerprint density at radius 2 is 1.73 bits per heavy atom. The van der Waals surface area contributed by atoms with Crippen molar-refractivity contribution in [3.63, 3.8) is 0 Å². The van der Waals surface area contributed by atoms with Gasteiger partial charge in [-0.15, -0.1) is 11.8 Å². The standard InChI is InChI=1S/C12H18N2S/c1-13-7-9-14(10-8-13)11-5-3-4-6-12(11)15-2/h3-6H,7-10H2,1-2H3. The Balaban J connectivity index is 2.15. The second-order valence-electron chi connectivity index (χ2n) is 3.96. The van der Waals surface area contributed by atoms with Crippen molar-refractivity contribution in [2.75, 3.05) is 44.4 Å². The van der Waals surface area contributed by atoms with E-state index >= 15 is 0 Å². The van der Waals surface area contributed by atoms with Crippen molar-refractivity contribution >= 4 is 17.4 Å². The fourth-order valence-corrected chi connectivity index (χ4v) is 2.56. The number of anilines is 1. The van der Waals surface area contributed by atoms with E-state index in [1.807, 2.05) is 11.8 Å². The van der Waals surface area contributed by atoms with Crippen molar-refractivity contribution in [3.8, 4) is 0 Å². The molecule has 0 aliphatic carbocycles. The van der Waals surface area contributed by atoms with Crippen molar-refractivity contribution in [1.82, 2.24) is 4.90 Å². The fourth-order valence-electron chi connectivity index (χ4n) is 1.94. The summed E-state index contributed by atoms with van der Waals surface area (Å²) in [6, 6.07) is 8.69. The lowest BCUT2D eigenvalue weighted by atomic mass is 10.2.